The fourth-order valence-corrected chi connectivity index (χ4v) is 1.83. The van der Waals surface area contributed by atoms with Crippen LogP contribution in [0.3, 0.4) is 0 Å². The molecule has 2 rings (SSSR count). The Morgan fingerprint density at radius 2 is 2.10 bits per heavy atom. The standard InChI is InChI=1S/C15H17NO4/c1-10-4-5-13(14(6-10)18-2)16-8-12-7-11(9-20-12)15(17)19-3/h4-7,9,16H,8H2,1-3H3. The number of aryl methyl sites for hydroxylation is 1. The van der Waals surface area contributed by atoms with E-state index in [0.29, 0.717) is 17.9 Å². The summed E-state index contributed by atoms with van der Waals surface area (Å²) in [5, 5.41) is 3.21. The number of rotatable bonds is 5. The highest BCUT2D eigenvalue weighted by molar-refractivity contribution is 5.89. The highest BCUT2D eigenvalue weighted by Gasteiger charge is 2.10. The van der Waals surface area contributed by atoms with Gasteiger partial charge in [0.25, 0.3) is 0 Å². The zero-order chi connectivity index (χ0) is 14.5. The van der Waals surface area contributed by atoms with E-state index in [2.05, 4.69) is 10.1 Å². The van der Waals surface area contributed by atoms with Crippen molar-refractivity contribution < 1.29 is 18.7 Å². The Hall–Kier alpha value is -2.43. The van der Waals surface area contributed by atoms with Crippen LogP contribution in [-0.2, 0) is 11.3 Å². The van der Waals surface area contributed by atoms with E-state index >= 15 is 0 Å². The van der Waals surface area contributed by atoms with Gasteiger partial charge in [0.1, 0.15) is 17.8 Å². The SMILES string of the molecule is COC(=O)c1coc(CNc2ccc(C)cc2OC)c1. The van der Waals surface area contributed by atoms with E-state index in [9.17, 15) is 4.79 Å². The van der Waals surface area contributed by atoms with Gasteiger partial charge in [0, 0.05) is 0 Å². The summed E-state index contributed by atoms with van der Waals surface area (Å²) in [4.78, 5) is 11.3. The lowest BCUT2D eigenvalue weighted by Gasteiger charge is -2.10. The molecule has 5 nitrogen and oxygen atoms in total. The van der Waals surface area contributed by atoms with E-state index in [1.807, 2.05) is 25.1 Å². The monoisotopic (exact) mass is 275 g/mol. The van der Waals surface area contributed by atoms with E-state index in [0.717, 1.165) is 17.0 Å². The van der Waals surface area contributed by atoms with Crippen LogP contribution in [0.15, 0.2) is 34.9 Å². The fourth-order valence-electron chi connectivity index (χ4n) is 1.83. The average Bonchev–Trinajstić information content (AvgIpc) is 2.93. The molecule has 1 heterocycles. The molecule has 0 bridgehead atoms. The number of nitrogens with one attached hydrogen (secondary N) is 1. The molecule has 106 valence electrons. The lowest BCUT2D eigenvalue weighted by atomic mass is 10.2. The van der Waals surface area contributed by atoms with Gasteiger partial charge in [-0.25, -0.2) is 4.79 Å². The number of hydrogen-bond donors (Lipinski definition) is 1. The molecule has 0 amide bonds. The molecular formula is C15H17NO4. The van der Waals surface area contributed by atoms with Crippen LogP contribution in [0.5, 0.6) is 5.75 Å². The predicted octanol–water partition coefficient (Wildman–Crippen LogP) is 3.00. The van der Waals surface area contributed by atoms with Crippen molar-refractivity contribution in [1.82, 2.24) is 0 Å². The average molecular weight is 275 g/mol. The van der Waals surface area contributed by atoms with Crippen LogP contribution in [0.1, 0.15) is 21.7 Å². The fraction of sp³-hybridized carbons (Fsp3) is 0.267. The lowest BCUT2D eigenvalue weighted by Crippen LogP contribution is -2.01. The molecule has 0 saturated carbocycles. The summed E-state index contributed by atoms with van der Waals surface area (Å²) in [5.74, 6) is 1.01. The van der Waals surface area contributed by atoms with E-state index < -0.39 is 5.97 Å². The van der Waals surface area contributed by atoms with Gasteiger partial charge >= 0.3 is 5.97 Å². The Kier molecular flexibility index (Phi) is 4.30. The van der Waals surface area contributed by atoms with Crippen LogP contribution in [0.4, 0.5) is 5.69 Å². The first-order valence-electron chi connectivity index (χ1n) is 6.18. The summed E-state index contributed by atoms with van der Waals surface area (Å²) < 4.78 is 15.2. The highest BCUT2D eigenvalue weighted by Crippen LogP contribution is 2.25. The van der Waals surface area contributed by atoms with Crippen LogP contribution < -0.4 is 10.1 Å². The van der Waals surface area contributed by atoms with Crippen molar-refractivity contribution in [3.05, 3.63) is 47.4 Å². The second-order valence-electron chi connectivity index (χ2n) is 4.35. The topological polar surface area (TPSA) is 60.7 Å². The summed E-state index contributed by atoms with van der Waals surface area (Å²) in [5.41, 5.74) is 2.40. The Morgan fingerprint density at radius 3 is 2.80 bits per heavy atom. The summed E-state index contributed by atoms with van der Waals surface area (Å²) in [7, 11) is 2.96. The van der Waals surface area contributed by atoms with Crippen molar-refractivity contribution in [2.24, 2.45) is 0 Å². The second kappa shape index (κ2) is 6.14. The lowest BCUT2D eigenvalue weighted by molar-refractivity contribution is 0.0600. The number of ether oxygens (including phenoxy) is 2. The molecule has 1 N–H and O–H groups in total. The minimum atomic E-state index is -0.409. The van der Waals surface area contributed by atoms with Crippen molar-refractivity contribution in [1.29, 1.82) is 0 Å². The molecule has 0 aliphatic heterocycles. The maximum Gasteiger partial charge on any atom is 0.341 e. The number of esters is 1. The van der Waals surface area contributed by atoms with Gasteiger partial charge in [-0.2, -0.15) is 0 Å². The molecule has 0 radical (unpaired) electrons. The zero-order valence-electron chi connectivity index (χ0n) is 11.7. The number of furan rings is 1. The first-order valence-corrected chi connectivity index (χ1v) is 6.18. The molecule has 20 heavy (non-hydrogen) atoms. The number of methoxy groups -OCH3 is 2. The maximum absolute atomic E-state index is 11.3. The first kappa shape index (κ1) is 14.0. The van der Waals surface area contributed by atoms with Crippen LogP contribution in [0.25, 0.3) is 0 Å². The van der Waals surface area contributed by atoms with Gasteiger partial charge in [-0.05, 0) is 30.7 Å². The third-order valence-electron chi connectivity index (χ3n) is 2.88. The van der Waals surface area contributed by atoms with E-state index in [1.54, 1.807) is 13.2 Å². The summed E-state index contributed by atoms with van der Waals surface area (Å²) in [6.45, 7) is 2.46. The number of benzene rings is 1. The van der Waals surface area contributed by atoms with Crippen molar-refractivity contribution >= 4 is 11.7 Å². The van der Waals surface area contributed by atoms with Crippen LogP contribution >= 0.6 is 0 Å². The number of carbonyl (C=O) groups excluding carboxylic acids is 1. The zero-order valence-corrected chi connectivity index (χ0v) is 11.7. The second-order valence-corrected chi connectivity index (χ2v) is 4.35. The van der Waals surface area contributed by atoms with Crippen LogP contribution in [0.2, 0.25) is 0 Å². The number of anilines is 1. The molecule has 2 aromatic rings. The third kappa shape index (κ3) is 3.12. The van der Waals surface area contributed by atoms with Crippen molar-refractivity contribution in [3.63, 3.8) is 0 Å². The van der Waals surface area contributed by atoms with E-state index in [1.165, 1.54) is 13.4 Å². The van der Waals surface area contributed by atoms with Gasteiger partial charge in [0.15, 0.2) is 0 Å². The summed E-state index contributed by atoms with van der Waals surface area (Å²) >= 11 is 0. The van der Waals surface area contributed by atoms with Gasteiger partial charge in [-0.15, -0.1) is 0 Å². The van der Waals surface area contributed by atoms with Gasteiger partial charge in [0.05, 0.1) is 32.0 Å². The van der Waals surface area contributed by atoms with Gasteiger partial charge in [-0.1, -0.05) is 6.07 Å². The van der Waals surface area contributed by atoms with Gasteiger partial charge in [-0.3, -0.25) is 0 Å². The summed E-state index contributed by atoms with van der Waals surface area (Å²) in [6.07, 6.45) is 1.38. The molecule has 5 heteroatoms. The van der Waals surface area contributed by atoms with Crippen molar-refractivity contribution in [2.75, 3.05) is 19.5 Å². The van der Waals surface area contributed by atoms with E-state index in [-0.39, 0.29) is 0 Å². The minimum absolute atomic E-state index is 0.403. The molecule has 1 aromatic heterocycles. The molecule has 1 aromatic carbocycles. The highest BCUT2D eigenvalue weighted by atomic mass is 16.5. The first-order chi connectivity index (χ1) is 9.63. The molecule has 0 aliphatic rings. The Labute approximate surface area is 117 Å². The Bertz CT molecular complexity index is 604. The molecule has 0 saturated heterocycles. The Balaban J connectivity index is 2.05. The Morgan fingerprint density at radius 1 is 1.30 bits per heavy atom. The van der Waals surface area contributed by atoms with Crippen molar-refractivity contribution in [3.8, 4) is 5.75 Å². The summed E-state index contributed by atoms with van der Waals surface area (Å²) in [6, 6.07) is 7.54. The van der Waals surface area contributed by atoms with Gasteiger partial charge in [0.2, 0.25) is 0 Å². The smallest absolute Gasteiger partial charge is 0.341 e. The molecule has 0 fully saturated rings. The quantitative estimate of drug-likeness (QED) is 0.850. The van der Waals surface area contributed by atoms with Crippen LogP contribution in [-0.4, -0.2) is 20.2 Å². The predicted molar refractivity (Wildman–Crippen MR) is 75.1 cm³/mol. The van der Waals surface area contributed by atoms with E-state index in [4.69, 9.17) is 9.15 Å². The molecular weight excluding hydrogens is 258 g/mol. The molecule has 0 aliphatic carbocycles. The minimum Gasteiger partial charge on any atom is -0.495 e. The van der Waals surface area contributed by atoms with Crippen LogP contribution in [0, 0.1) is 6.92 Å². The maximum atomic E-state index is 11.3. The molecule has 0 unspecified atom stereocenters. The third-order valence-corrected chi connectivity index (χ3v) is 2.88. The normalized spacial score (nSPS) is 10.2. The van der Waals surface area contributed by atoms with Crippen molar-refractivity contribution in [2.45, 2.75) is 13.5 Å². The number of carbonyl (C=O) groups is 1. The number of hydrogen-bond acceptors (Lipinski definition) is 5. The molecule has 0 spiro atoms. The molecule has 0 atom stereocenters. The van der Waals surface area contributed by atoms with Gasteiger partial charge < -0.3 is 19.2 Å². The largest absolute Gasteiger partial charge is 0.495 e.